The van der Waals surface area contributed by atoms with Crippen molar-refractivity contribution in [2.45, 2.75) is 78.7 Å². The predicted octanol–water partition coefficient (Wildman–Crippen LogP) is 4.33. The Balaban J connectivity index is 1.98. The highest BCUT2D eigenvalue weighted by atomic mass is 16.7. The average molecular weight is 363 g/mol. The summed E-state index contributed by atoms with van der Waals surface area (Å²) in [6.07, 6.45) is 2.99. The van der Waals surface area contributed by atoms with Crippen molar-refractivity contribution in [2.75, 3.05) is 11.9 Å². The van der Waals surface area contributed by atoms with Gasteiger partial charge < -0.3 is 20.1 Å². The summed E-state index contributed by atoms with van der Waals surface area (Å²) < 4.78 is 11.4. The van der Waals surface area contributed by atoms with Crippen LogP contribution >= 0.6 is 0 Å². The van der Waals surface area contributed by atoms with E-state index >= 15 is 0 Å². The van der Waals surface area contributed by atoms with Gasteiger partial charge in [-0.15, -0.1) is 0 Å². The fourth-order valence-corrected chi connectivity index (χ4v) is 2.90. The number of benzene rings is 1. The second kappa shape index (κ2) is 8.40. The molecule has 5 nitrogen and oxygen atoms in total. The smallest absolute Gasteiger partial charge is 0.242 e. The summed E-state index contributed by atoms with van der Waals surface area (Å²) in [7, 11) is 0. The Kier molecular flexibility index (Phi) is 6.69. The Morgan fingerprint density at radius 2 is 1.77 bits per heavy atom. The minimum atomic E-state index is -0.297. The first-order valence-corrected chi connectivity index (χ1v) is 9.51. The Morgan fingerprint density at radius 1 is 1.12 bits per heavy atom. The summed E-state index contributed by atoms with van der Waals surface area (Å²) in [6.45, 7) is 13.2. The molecule has 1 amide bonds. The third-order valence-corrected chi connectivity index (χ3v) is 4.23. The van der Waals surface area contributed by atoms with Crippen molar-refractivity contribution in [1.29, 1.82) is 0 Å². The zero-order chi connectivity index (χ0) is 19.4. The lowest BCUT2D eigenvalue weighted by atomic mass is 9.84. The normalized spacial score (nSPS) is 19.7. The number of carbonyl (C=O) groups is 1. The van der Waals surface area contributed by atoms with Crippen LogP contribution in [0.25, 0.3) is 0 Å². The van der Waals surface area contributed by atoms with Gasteiger partial charge in [-0.2, -0.15) is 0 Å². The fourth-order valence-electron chi connectivity index (χ4n) is 2.90. The molecule has 0 aromatic heterocycles. The maximum Gasteiger partial charge on any atom is 0.242 e. The van der Waals surface area contributed by atoms with Crippen LogP contribution in [-0.2, 0) is 9.53 Å². The number of rotatable bonds is 5. The van der Waals surface area contributed by atoms with E-state index in [4.69, 9.17) is 9.47 Å². The highest BCUT2D eigenvalue weighted by Crippen LogP contribution is 2.25. The lowest BCUT2D eigenvalue weighted by Crippen LogP contribution is -2.55. The van der Waals surface area contributed by atoms with Crippen LogP contribution < -0.4 is 15.4 Å². The Hall–Kier alpha value is -1.59. The maximum atomic E-state index is 12.8. The molecule has 2 unspecified atom stereocenters. The van der Waals surface area contributed by atoms with Crippen molar-refractivity contribution in [3.05, 3.63) is 24.3 Å². The van der Waals surface area contributed by atoms with Crippen molar-refractivity contribution in [3.8, 4) is 5.75 Å². The van der Waals surface area contributed by atoms with Gasteiger partial charge in [-0.25, -0.2) is 0 Å². The number of nitrogens with one attached hydrogen (secondary N) is 2. The van der Waals surface area contributed by atoms with Crippen LogP contribution in [0.1, 0.15) is 60.8 Å². The van der Waals surface area contributed by atoms with Crippen LogP contribution in [-0.4, -0.2) is 30.4 Å². The predicted molar refractivity (Wildman–Crippen MR) is 105 cm³/mol. The van der Waals surface area contributed by atoms with Crippen LogP contribution in [0.5, 0.6) is 5.75 Å². The zero-order valence-corrected chi connectivity index (χ0v) is 17.0. The molecule has 1 aromatic rings. The average Bonchev–Trinajstić information content (AvgIpc) is 2.53. The van der Waals surface area contributed by atoms with Crippen molar-refractivity contribution >= 4 is 11.6 Å². The zero-order valence-electron chi connectivity index (χ0n) is 17.0. The highest BCUT2D eigenvalue weighted by molar-refractivity contribution is 5.95. The first-order valence-electron chi connectivity index (χ1n) is 9.51. The van der Waals surface area contributed by atoms with Gasteiger partial charge in [0.15, 0.2) is 6.29 Å². The van der Waals surface area contributed by atoms with E-state index in [0.717, 1.165) is 37.3 Å². The first-order chi connectivity index (χ1) is 12.0. The van der Waals surface area contributed by atoms with E-state index in [1.807, 2.05) is 24.3 Å². The second-order valence-electron chi connectivity index (χ2n) is 9.12. The van der Waals surface area contributed by atoms with Gasteiger partial charge in [-0.05, 0) is 63.3 Å². The fraction of sp³-hybridized carbons (Fsp3) is 0.667. The maximum absolute atomic E-state index is 12.8. The van der Waals surface area contributed by atoms with Crippen molar-refractivity contribution in [1.82, 2.24) is 5.32 Å². The Morgan fingerprint density at radius 3 is 2.27 bits per heavy atom. The highest BCUT2D eigenvalue weighted by Gasteiger charge is 2.34. The van der Waals surface area contributed by atoms with Crippen molar-refractivity contribution < 1.29 is 14.3 Å². The molecule has 0 saturated carbocycles. The van der Waals surface area contributed by atoms with E-state index in [9.17, 15) is 4.79 Å². The molecule has 1 heterocycles. The molecular formula is C21H34N2O3. The number of amides is 1. The van der Waals surface area contributed by atoms with E-state index in [-0.39, 0.29) is 29.2 Å². The Labute approximate surface area is 157 Å². The molecule has 2 N–H and O–H groups in total. The molecule has 1 aromatic carbocycles. The lowest BCUT2D eigenvalue weighted by molar-refractivity contribution is -0.121. The van der Waals surface area contributed by atoms with Gasteiger partial charge >= 0.3 is 0 Å². The van der Waals surface area contributed by atoms with Gasteiger partial charge in [-0.3, -0.25) is 4.79 Å². The van der Waals surface area contributed by atoms with E-state index in [2.05, 4.69) is 52.2 Å². The number of ether oxygens (including phenoxy) is 2. The van der Waals surface area contributed by atoms with Gasteiger partial charge in [0.25, 0.3) is 0 Å². The largest absolute Gasteiger partial charge is 0.465 e. The lowest BCUT2D eigenvalue weighted by Gasteiger charge is -2.36. The van der Waals surface area contributed by atoms with Crippen LogP contribution in [0, 0.1) is 5.41 Å². The molecule has 2 atom stereocenters. The number of carbonyl (C=O) groups excluding carboxylic acids is 1. The molecule has 1 aliphatic heterocycles. The molecule has 5 heteroatoms. The van der Waals surface area contributed by atoms with E-state index in [0.29, 0.717) is 0 Å². The van der Waals surface area contributed by atoms with Gasteiger partial charge in [0.2, 0.25) is 5.91 Å². The van der Waals surface area contributed by atoms with Crippen LogP contribution in [0.3, 0.4) is 0 Å². The molecule has 0 spiro atoms. The molecule has 0 aliphatic carbocycles. The molecule has 2 rings (SSSR count). The third-order valence-electron chi connectivity index (χ3n) is 4.23. The molecule has 0 radical (unpaired) electrons. The minimum Gasteiger partial charge on any atom is -0.465 e. The van der Waals surface area contributed by atoms with E-state index < -0.39 is 0 Å². The molecular weight excluding hydrogens is 328 g/mol. The summed E-state index contributed by atoms with van der Waals surface area (Å²) in [5.41, 5.74) is 0.419. The molecule has 0 bridgehead atoms. The summed E-state index contributed by atoms with van der Waals surface area (Å²) in [6, 6.07) is 7.18. The van der Waals surface area contributed by atoms with Crippen molar-refractivity contribution in [2.24, 2.45) is 5.41 Å². The topological polar surface area (TPSA) is 59.6 Å². The quantitative estimate of drug-likeness (QED) is 0.818. The molecule has 1 fully saturated rings. The molecule has 1 aliphatic rings. The summed E-state index contributed by atoms with van der Waals surface area (Å²) in [5.74, 6) is 0.729. The molecule has 26 heavy (non-hydrogen) atoms. The van der Waals surface area contributed by atoms with Gasteiger partial charge in [0.1, 0.15) is 5.75 Å². The number of hydrogen-bond donors (Lipinski definition) is 2. The van der Waals surface area contributed by atoms with Gasteiger partial charge in [0, 0.05) is 17.6 Å². The standard InChI is InChI=1S/C21H34N2O3/c1-20(2,3)18(23-21(4,5)6)19(24)22-15-10-12-16(13-11-15)26-17-9-7-8-14-25-17/h10-13,17-18,23H,7-9,14H2,1-6H3,(H,22,24). The van der Waals surface area contributed by atoms with E-state index in [1.54, 1.807) is 0 Å². The summed E-state index contributed by atoms with van der Waals surface area (Å²) >= 11 is 0. The number of anilines is 1. The third kappa shape index (κ3) is 6.61. The van der Waals surface area contributed by atoms with Crippen LogP contribution in [0.15, 0.2) is 24.3 Å². The molecule has 1 saturated heterocycles. The SMILES string of the molecule is CC(C)(C)NC(C(=O)Nc1ccc(OC2CCCCO2)cc1)C(C)(C)C. The van der Waals surface area contributed by atoms with Gasteiger partial charge in [-0.1, -0.05) is 20.8 Å². The first kappa shape index (κ1) is 20.7. The van der Waals surface area contributed by atoms with Crippen molar-refractivity contribution in [3.63, 3.8) is 0 Å². The Bertz CT molecular complexity index is 579. The minimum absolute atomic E-state index is 0.0308. The number of hydrogen-bond acceptors (Lipinski definition) is 4. The molecule has 146 valence electrons. The van der Waals surface area contributed by atoms with Crippen LogP contribution in [0.2, 0.25) is 0 Å². The van der Waals surface area contributed by atoms with E-state index in [1.165, 1.54) is 0 Å². The van der Waals surface area contributed by atoms with Crippen LogP contribution in [0.4, 0.5) is 5.69 Å². The second-order valence-corrected chi connectivity index (χ2v) is 9.12. The van der Waals surface area contributed by atoms with Gasteiger partial charge in [0.05, 0.1) is 12.6 Å². The monoisotopic (exact) mass is 362 g/mol. The summed E-state index contributed by atoms with van der Waals surface area (Å²) in [5, 5.41) is 6.44. The summed E-state index contributed by atoms with van der Waals surface area (Å²) in [4.78, 5) is 12.8.